The molecule has 0 bridgehead atoms. The van der Waals surface area contributed by atoms with Gasteiger partial charge in [0.1, 0.15) is 0 Å². The van der Waals surface area contributed by atoms with Crippen LogP contribution < -0.4 is 0 Å². The molecule has 4 aliphatic carbocycles. The lowest BCUT2D eigenvalue weighted by Crippen LogP contribution is -2.53. The van der Waals surface area contributed by atoms with Crippen LogP contribution >= 0.6 is 0 Å². The standard InChI is InChI=1S/C25H38O2/c1-16-14-17-15-18(26)9-11-24(17,2)21-10-12-25(3)19(7-8-20(25)23(16)21)22-6-4-5-13-27-22/h7,14,16,18,20-23,26H,4-6,8-13,15H2,1-3H3/t16-,18+,20+,21+,22?,23+,24+,25-/m1/s1. The van der Waals surface area contributed by atoms with Gasteiger partial charge in [0.15, 0.2) is 0 Å². The number of aliphatic hydroxyl groups is 1. The van der Waals surface area contributed by atoms with Crippen molar-refractivity contribution < 1.29 is 9.84 Å². The summed E-state index contributed by atoms with van der Waals surface area (Å²) in [6, 6.07) is 0. The number of ether oxygens (including phenoxy) is 1. The molecule has 3 fully saturated rings. The van der Waals surface area contributed by atoms with Crippen molar-refractivity contribution in [3.63, 3.8) is 0 Å². The molecule has 2 saturated carbocycles. The fourth-order valence-electron chi connectivity index (χ4n) is 8.09. The minimum absolute atomic E-state index is 0.106. The summed E-state index contributed by atoms with van der Waals surface area (Å²) in [5.74, 6) is 3.03. The zero-order chi connectivity index (χ0) is 18.8. The second-order valence-electron chi connectivity index (χ2n) is 10.9. The molecule has 2 heteroatoms. The lowest BCUT2D eigenvalue weighted by atomic mass is 9.45. The first kappa shape index (κ1) is 18.4. The maximum atomic E-state index is 10.3. The highest BCUT2D eigenvalue weighted by molar-refractivity contribution is 5.32. The molecule has 5 rings (SSSR count). The molecular weight excluding hydrogens is 332 g/mol. The summed E-state index contributed by atoms with van der Waals surface area (Å²) in [5.41, 5.74) is 3.94. The normalized spacial score (nSPS) is 52.3. The van der Waals surface area contributed by atoms with Crippen molar-refractivity contribution in [2.24, 2.45) is 34.5 Å². The van der Waals surface area contributed by atoms with Crippen LogP contribution in [0.1, 0.15) is 78.6 Å². The predicted molar refractivity (Wildman–Crippen MR) is 109 cm³/mol. The summed E-state index contributed by atoms with van der Waals surface area (Å²) in [4.78, 5) is 0. The Morgan fingerprint density at radius 2 is 1.85 bits per heavy atom. The molecule has 0 spiro atoms. The van der Waals surface area contributed by atoms with Crippen molar-refractivity contribution in [1.82, 2.24) is 0 Å². The molecule has 1 N–H and O–H groups in total. The van der Waals surface area contributed by atoms with E-state index in [4.69, 9.17) is 4.74 Å². The minimum atomic E-state index is -0.106. The third-order valence-electron chi connectivity index (χ3n) is 9.58. The summed E-state index contributed by atoms with van der Waals surface area (Å²) in [7, 11) is 0. The molecular formula is C25H38O2. The number of aliphatic hydroxyl groups excluding tert-OH is 1. The minimum Gasteiger partial charge on any atom is -0.393 e. The van der Waals surface area contributed by atoms with E-state index >= 15 is 0 Å². The van der Waals surface area contributed by atoms with Crippen LogP contribution in [-0.2, 0) is 4.74 Å². The van der Waals surface area contributed by atoms with Crippen molar-refractivity contribution in [2.45, 2.75) is 90.8 Å². The van der Waals surface area contributed by atoms with E-state index in [-0.39, 0.29) is 6.10 Å². The molecule has 0 aromatic heterocycles. The van der Waals surface area contributed by atoms with Gasteiger partial charge in [-0.1, -0.05) is 38.5 Å². The fourth-order valence-corrected chi connectivity index (χ4v) is 8.09. The van der Waals surface area contributed by atoms with Crippen molar-refractivity contribution in [2.75, 3.05) is 6.61 Å². The van der Waals surface area contributed by atoms with Crippen molar-refractivity contribution in [1.29, 1.82) is 0 Å². The zero-order valence-corrected chi connectivity index (χ0v) is 17.5. The molecule has 1 saturated heterocycles. The highest BCUT2D eigenvalue weighted by Crippen LogP contribution is 2.66. The molecule has 0 amide bonds. The van der Waals surface area contributed by atoms with Crippen LogP contribution in [0.2, 0.25) is 0 Å². The topological polar surface area (TPSA) is 29.5 Å². The van der Waals surface area contributed by atoms with Gasteiger partial charge in [0.2, 0.25) is 0 Å². The van der Waals surface area contributed by atoms with Crippen LogP contribution in [0.3, 0.4) is 0 Å². The molecule has 0 radical (unpaired) electrons. The van der Waals surface area contributed by atoms with E-state index in [0.29, 0.717) is 22.9 Å². The van der Waals surface area contributed by atoms with E-state index in [9.17, 15) is 5.11 Å². The quantitative estimate of drug-likeness (QED) is 0.603. The average Bonchev–Trinajstić information content (AvgIpc) is 3.01. The molecule has 1 aliphatic heterocycles. The lowest BCUT2D eigenvalue weighted by Gasteiger charge is -2.59. The van der Waals surface area contributed by atoms with Crippen LogP contribution in [0.5, 0.6) is 0 Å². The monoisotopic (exact) mass is 370 g/mol. The van der Waals surface area contributed by atoms with E-state index in [1.807, 2.05) is 0 Å². The van der Waals surface area contributed by atoms with Crippen LogP contribution in [0, 0.1) is 34.5 Å². The van der Waals surface area contributed by atoms with Gasteiger partial charge in [0, 0.05) is 6.61 Å². The highest BCUT2D eigenvalue weighted by atomic mass is 16.5. The first-order valence-corrected chi connectivity index (χ1v) is 11.6. The number of allylic oxidation sites excluding steroid dienone is 2. The van der Waals surface area contributed by atoms with Crippen LogP contribution in [0.15, 0.2) is 23.3 Å². The van der Waals surface area contributed by atoms with Gasteiger partial charge in [-0.25, -0.2) is 0 Å². The Morgan fingerprint density at radius 1 is 1.04 bits per heavy atom. The van der Waals surface area contributed by atoms with Crippen molar-refractivity contribution in [3.8, 4) is 0 Å². The summed E-state index contributed by atoms with van der Waals surface area (Å²) >= 11 is 0. The Bertz CT molecular complexity index is 657. The Kier molecular flexibility index (Phi) is 4.41. The summed E-state index contributed by atoms with van der Waals surface area (Å²) < 4.78 is 6.25. The van der Waals surface area contributed by atoms with Crippen LogP contribution in [0.25, 0.3) is 0 Å². The molecule has 27 heavy (non-hydrogen) atoms. The maximum absolute atomic E-state index is 10.3. The molecule has 150 valence electrons. The first-order valence-electron chi connectivity index (χ1n) is 11.6. The molecule has 5 aliphatic rings. The second-order valence-corrected chi connectivity index (χ2v) is 10.9. The maximum Gasteiger partial charge on any atom is 0.0790 e. The molecule has 2 nitrogen and oxygen atoms in total. The van der Waals surface area contributed by atoms with E-state index < -0.39 is 0 Å². The number of rotatable bonds is 1. The Morgan fingerprint density at radius 3 is 2.63 bits per heavy atom. The van der Waals surface area contributed by atoms with Gasteiger partial charge < -0.3 is 9.84 Å². The zero-order valence-electron chi connectivity index (χ0n) is 17.5. The van der Waals surface area contributed by atoms with Gasteiger partial charge in [-0.05, 0) is 97.9 Å². The van der Waals surface area contributed by atoms with Crippen LogP contribution in [0.4, 0.5) is 0 Å². The Labute approximate surface area is 165 Å². The van der Waals surface area contributed by atoms with Crippen molar-refractivity contribution in [3.05, 3.63) is 23.3 Å². The van der Waals surface area contributed by atoms with Crippen LogP contribution in [-0.4, -0.2) is 23.9 Å². The highest BCUT2D eigenvalue weighted by Gasteiger charge is 2.59. The van der Waals surface area contributed by atoms with Gasteiger partial charge in [0.05, 0.1) is 12.2 Å². The fraction of sp³-hybridized carbons (Fsp3) is 0.840. The van der Waals surface area contributed by atoms with Gasteiger partial charge in [-0.3, -0.25) is 0 Å². The molecule has 0 aromatic carbocycles. The number of hydrogen-bond donors (Lipinski definition) is 1. The summed E-state index contributed by atoms with van der Waals surface area (Å²) in [6.07, 6.45) is 16.3. The number of fused-ring (bicyclic) bond motifs is 5. The van der Waals surface area contributed by atoms with Gasteiger partial charge >= 0.3 is 0 Å². The second kappa shape index (κ2) is 6.46. The Balaban J connectivity index is 1.46. The number of hydrogen-bond acceptors (Lipinski definition) is 2. The van der Waals surface area contributed by atoms with E-state index in [1.165, 1.54) is 44.9 Å². The van der Waals surface area contributed by atoms with Gasteiger partial charge in [0.25, 0.3) is 0 Å². The summed E-state index contributed by atoms with van der Waals surface area (Å²) in [6.45, 7) is 8.53. The largest absolute Gasteiger partial charge is 0.393 e. The smallest absolute Gasteiger partial charge is 0.0790 e. The predicted octanol–water partition coefficient (Wildman–Crippen LogP) is 5.66. The SMILES string of the molecule is C[C@@H]1C=C2C[C@@H](O)CC[C@]2(C)[C@H]2CC[C@]3(C)C(C4CCCCO4)=CC[C@H]3[C@H]12. The van der Waals surface area contributed by atoms with E-state index in [2.05, 4.69) is 32.9 Å². The summed E-state index contributed by atoms with van der Waals surface area (Å²) in [5, 5.41) is 10.3. The van der Waals surface area contributed by atoms with E-state index in [1.54, 1.807) is 11.1 Å². The van der Waals surface area contributed by atoms with E-state index in [0.717, 1.165) is 37.2 Å². The first-order chi connectivity index (χ1) is 12.9. The third kappa shape index (κ3) is 2.65. The third-order valence-corrected chi connectivity index (χ3v) is 9.58. The molecule has 1 heterocycles. The molecule has 1 unspecified atom stereocenters. The van der Waals surface area contributed by atoms with Gasteiger partial charge in [-0.15, -0.1) is 0 Å². The Hall–Kier alpha value is -0.600. The lowest BCUT2D eigenvalue weighted by molar-refractivity contribution is -0.0584. The molecule has 0 aromatic rings. The van der Waals surface area contributed by atoms with Gasteiger partial charge in [-0.2, -0.15) is 0 Å². The molecule has 8 atom stereocenters. The average molecular weight is 371 g/mol. The van der Waals surface area contributed by atoms with Crippen molar-refractivity contribution >= 4 is 0 Å².